The monoisotopic (exact) mass is 412 g/mol. The zero-order valence-corrected chi connectivity index (χ0v) is 16.5. The van der Waals surface area contributed by atoms with Gasteiger partial charge in [-0.1, -0.05) is 18.6 Å². The molecule has 1 fully saturated rings. The molecule has 1 aliphatic rings. The molecule has 2 aromatic carbocycles. The molecule has 0 radical (unpaired) electrons. The van der Waals surface area contributed by atoms with Gasteiger partial charge in [-0.2, -0.15) is 4.31 Å². The van der Waals surface area contributed by atoms with Crippen molar-refractivity contribution >= 4 is 25.7 Å². The lowest BCUT2D eigenvalue weighted by Crippen LogP contribution is -2.35. The van der Waals surface area contributed by atoms with E-state index in [2.05, 4.69) is 4.72 Å². The molecule has 0 bridgehead atoms. The molecule has 6 nitrogen and oxygen atoms in total. The number of piperidine rings is 1. The van der Waals surface area contributed by atoms with Crippen molar-refractivity contribution < 1.29 is 21.2 Å². The lowest BCUT2D eigenvalue weighted by atomic mass is 10.2. The Balaban J connectivity index is 1.94. The van der Waals surface area contributed by atoms with Gasteiger partial charge in [-0.15, -0.1) is 0 Å². The Bertz CT molecular complexity index is 1050. The lowest BCUT2D eigenvalue weighted by Gasteiger charge is -2.26. The standard InChI is InChI=1S/C18H21FN2O4S2/c1-14-8-9-17(27(24,25)21-10-3-2-4-11-21)13-18(14)20-26(22,23)16-7-5-6-15(19)12-16/h5-9,12-13,20H,2-4,10-11H2,1H3. The maximum atomic E-state index is 13.4. The molecule has 2 aromatic rings. The highest BCUT2D eigenvalue weighted by molar-refractivity contribution is 7.92. The first-order valence-corrected chi connectivity index (χ1v) is 11.5. The summed E-state index contributed by atoms with van der Waals surface area (Å²) < 4.78 is 67.9. The van der Waals surface area contributed by atoms with Crippen molar-refractivity contribution in [2.24, 2.45) is 0 Å². The average molecular weight is 413 g/mol. The van der Waals surface area contributed by atoms with Crippen molar-refractivity contribution in [1.82, 2.24) is 4.31 Å². The van der Waals surface area contributed by atoms with Crippen molar-refractivity contribution in [3.05, 3.63) is 53.8 Å². The summed E-state index contributed by atoms with van der Waals surface area (Å²) in [4.78, 5) is -0.196. The largest absolute Gasteiger partial charge is 0.279 e. The van der Waals surface area contributed by atoms with Crippen LogP contribution in [0.3, 0.4) is 0 Å². The van der Waals surface area contributed by atoms with Gasteiger partial charge in [0.2, 0.25) is 10.0 Å². The number of halogens is 1. The maximum absolute atomic E-state index is 13.4. The molecule has 0 spiro atoms. The number of aryl methyl sites for hydroxylation is 1. The minimum Gasteiger partial charge on any atom is -0.279 e. The van der Waals surface area contributed by atoms with Crippen molar-refractivity contribution in [3.8, 4) is 0 Å². The topological polar surface area (TPSA) is 83.6 Å². The molecule has 0 saturated carbocycles. The van der Waals surface area contributed by atoms with Crippen LogP contribution in [-0.4, -0.2) is 34.2 Å². The third kappa shape index (κ3) is 4.31. The predicted octanol–water partition coefficient (Wildman–Crippen LogP) is 3.11. The van der Waals surface area contributed by atoms with Gasteiger partial charge in [-0.3, -0.25) is 4.72 Å². The fourth-order valence-corrected chi connectivity index (χ4v) is 5.66. The fraction of sp³-hybridized carbons (Fsp3) is 0.333. The van der Waals surface area contributed by atoms with Crippen LogP contribution in [0, 0.1) is 12.7 Å². The molecule has 0 aromatic heterocycles. The van der Waals surface area contributed by atoms with Gasteiger partial charge >= 0.3 is 0 Å². The number of benzene rings is 2. The summed E-state index contributed by atoms with van der Waals surface area (Å²) in [7, 11) is -7.73. The van der Waals surface area contributed by atoms with Crippen molar-refractivity contribution in [3.63, 3.8) is 0 Å². The fourth-order valence-electron chi connectivity index (χ4n) is 2.96. The van der Waals surface area contributed by atoms with Gasteiger partial charge in [0.05, 0.1) is 15.5 Å². The molecule has 1 heterocycles. The molecule has 1 N–H and O–H groups in total. The smallest absolute Gasteiger partial charge is 0.262 e. The van der Waals surface area contributed by atoms with Crippen LogP contribution in [-0.2, 0) is 20.0 Å². The number of nitrogens with zero attached hydrogens (tertiary/aromatic N) is 1. The molecule has 0 aliphatic carbocycles. The Labute approximate surface area is 159 Å². The Morgan fingerprint density at radius 1 is 0.926 bits per heavy atom. The van der Waals surface area contributed by atoms with Gasteiger partial charge in [0, 0.05) is 13.1 Å². The van der Waals surface area contributed by atoms with Crippen LogP contribution in [0.15, 0.2) is 52.3 Å². The maximum Gasteiger partial charge on any atom is 0.262 e. The number of rotatable bonds is 5. The van der Waals surface area contributed by atoms with Gasteiger partial charge < -0.3 is 0 Å². The van der Waals surface area contributed by atoms with E-state index in [0.717, 1.165) is 31.4 Å². The van der Waals surface area contributed by atoms with Crippen molar-refractivity contribution in [2.75, 3.05) is 17.8 Å². The van der Waals surface area contributed by atoms with Crippen LogP contribution < -0.4 is 4.72 Å². The Morgan fingerprint density at radius 2 is 1.63 bits per heavy atom. The van der Waals surface area contributed by atoms with Crippen LogP contribution in [0.4, 0.5) is 10.1 Å². The minimum absolute atomic E-state index is 0.0342. The second kappa shape index (κ2) is 7.57. The van der Waals surface area contributed by atoms with Gasteiger partial charge in [-0.05, 0) is 55.7 Å². The number of nitrogens with one attached hydrogen (secondary N) is 1. The van der Waals surface area contributed by atoms with Gasteiger partial charge in [-0.25, -0.2) is 21.2 Å². The summed E-state index contributed by atoms with van der Waals surface area (Å²) in [5, 5.41) is 0. The molecule has 0 atom stereocenters. The van der Waals surface area contributed by atoms with E-state index in [9.17, 15) is 21.2 Å². The second-order valence-corrected chi connectivity index (χ2v) is 10.1. The van der Waals surface area contributed by atoms with Crippen molar-refractivity contribution in [2.45, 2.75) is 36.0 Å². The van der Waals surface area contributed by atoms with E-state index in [1.807, 2.05) is 0 Å². The molecule has 3 rings (SSSR count). The third-order valence-corrected chi connectivity index (χ3v) is 7.77. The van der Waals surface area contributed by atoms with Gasteiger partial charge in [0.25, 0.3) is 10.0 Å². The molecule has 1 saturated heterocycles. The summed E-state index contributed by atoms with van der Waals surface area (Å²) in [5.41, 5.74) is 0.713. The molecule has 0 unspecified atom stereocenters. The number of hydrogen-bond acceptors (Lipinski definition) is 4. The highest BCUT2D eigenvalue weighted by Crippen LogP contribution is 2.27. The van der Waals surface area contributed by atoms with E-state index in [4.69, 9.17) is 0 Å². The van der Waals surface area contributed by atoms with Crippen LogP contribution in [0.1, 0.15) is 24.8 Å². The Kier molecular flexibility index (Phi) is 5.55. The molecular weight excluding hydrogens is 391 g/mol. The molecule has 9 heteroatoms. The first kappa shape index (κ1) is 19.8. The average Bonchev–Trinajstić information content (AvgIpc) is 2.64. The van der Waals surface area contributed by atoms with Crippen LogP contribution >= 0.6 is 0 Å². The second-order valence-electron chi connectivity index (χ2n) is 6.50. The van der Waals surface area contributed by atoms with E-state index in [1.54, 1.807) is 13.0 Å². The minimum atomic E-state index is -4.04. The molecule has 1 aliphatic heterocycles. The SMILES string of the molecule is Cc1ccc(S(=O)(=O)N2CCCCC2)cc1NS(=O)(=O)c1cccc(F)c1. The van der Waals surface area contributed by atoms with Crippen molar-refractivity contribution in [1.29, 1.82) is 0 Å². The number of anilines is 1. The molecule has 0 amide bonds. The lowest BCUT2D eigenvalue weighted by molar-refractivity contribution is 0.346. The summed E-state index contributed by atoms with van der Waals surface area (Å²) in [6.45, 7) is 2.59. The first-order valence-electron chi connectivity index (χ1n) is 8.59. The zero-order valence-electron chi connectivity index (χ0n) is 14.9. The summed E-state index contributed by atoms with van der Waals surface area (Å²) in [6, 6.07) is 8.97. The summed E-state index contributed by atoms with van der Waals surface area (Å²) >= 11 is 0. The highest BCUT2D eigenvalue weighted by atomic mass is 32.2. The van der Waals surface area contributed by atoms with E-state index < -0.39 is 25.9 Å². The number of hydrogen-bond donors (Lipinski definition) is 1. The zero-order chi connectivity index (χ0) is 19.7. The predicted molar refractivity (Wildman–Crippen MR) is 101 cm³/mol. The van der Waals surface area contributed by atoms with E-state index in [0.29, 0.717) is 18.7 Å². The van der Waals surface area contributed by atoms with Crippen LogP contribution in [0.2, 0.25) is 0 Å². The summed E-state index contributed by atoms with van der Waals surface area (Å²) in [6.07, 6.45) is 2.62. The normalized spacial score (nSPS) is 16.2. The molecule has 146 valence electrons. The Morgan fingerprint density at radius 3 is 2.30 bits per heavy atom. The number of sulfonamides is 2. The van der Waals surface area contributed by atoms with Crippen LogP contribution in [0.5, 0.6) is 0 Å². The van der Waals surface area contributed by atoms with E-state index >= 15 is 0 Å². The third-order valence-electron chi connectivity index (χ3n) is 4.51. The first-order chi connectivity index (χ1) is 12.7. The van der Waals surface area contributed by atoms with E-state index in [-0.39, 0.29) is 15.5 Å². The van der Waals surface area contributed by atoms with Gasteiger partial charge in [0.1, 0.15) is 5.82 Å². The molecule has 27 heavy (non-hydrogen) atoms. The quantitative estimate of drug-likeness (QED) is 0.818. The van der Waals surface area contributed by atoms with Crippen LogP contribution in [0.25, 0.3) is 0 Å². The molecular formula is C18H21FN2O4S2. The Hall–Kier alpha value is -1.97. The van der Waals surface area contributed by atoms with E-state index in [1.165, 1.54) is 28.6 Å². The highest BCUT2D eigenvalue weighted by Gasteiger charge is 2.27. The van der Waals surface area contributed by atoms with Gasteiger partial charge in [0.15, 0.2) is 0 Å². The summed E-state index contributed by atoms with van der Waals surface area (Å²) in [5.74, 6) is -0.670.